The fraction of sp³-hybridized carbons (Fsp3) is 0.333. The molecule has 4 nitrogen and oxygen atoms in total. The van der Waals surface area contributed by atoms with E-state index >= 15 is 0 Å². The Morgan fingerprint density at radius 2 is 2.35 bits per heavy atom. The van der Waals surface area contributed by atoms with E-state index in [0.29, 0.717) is 6.54 Å². The zero-order chi connectivity index (χ0) is 12.3. The molecule has 17 heavy (non-hydrogen) atoms. The maximum atomic E-state index is 11.8. The summed E-state index contributed by atoms with van der Waals surface area (Å²) in [5.74, 6) is 0.890. The minimum absolute atomic E-state index is 0.00208. The van der Waals surface area contributed by atoms with Crippen molar-refractivity contribution in [3.63, 3.8) is 0 Å². The predicted octanol–water partition coefficient (Wildman–Crippen LogP) is 2.06. The van der Waals surface area contributed by atoms with E-state index in [0.717, 1.165) is 17.1 Å². The van der Waals surface area contributed by atoms with Gasteiger partial charge >= 0.3 is 0 Å². The second kappa shape index (κ2) is 5.14. The lowest BCUT2D eigenvalue weighted by atomic mass is 10.3. The number of rotatable bonds is 4. The highest BCUT2D eigenvalue weighted by molar-refractivity contribution is 7.14. The fourth-order valence-corrected chi connectivity index (χ4v) is 2.45. The maximum absolute atomic E-state index is 11.8. The Bertz CT molecular complexity index is 482. The first-order valence-corrected chi connectivity index (χ1v) is 6.32. The van der Waals surface area contributed by atoms with Crippen LogP contribution in [-0.2, 0) is 6.42 Å². The molecule has 0 fully saturated rings. The summed E-state index contributed by atoms with van der Waals surface area (Å²) < 4.78 is 0. The first-order valence-electron chi connectivity index (χ1n) is 5.50. The van der Waals surface area contributed by atoms with Crippen LogP contribution in [0.25, 0.3) is 0 Å². The number of nitrogens with zero attached hydrogens (tertiary/aromatic N) is 1. The number of H-pyrrole nitrogens is 1. The molecule has 5 heteroatoms. The van der Waals surface area contributed by atoms with E-state index < -0.39 is 0 Å². The van der Waals surface area contributed by atoms with E-state index in [-0.39, 0.29) is 5.91 Å². The third-order valence-corrected chi connectivity index (χ3v) is 3.74. The number of carbonyl (C=O) groups is 1. The number of aromatic amines is 1. The second-order valence-electron chi connectivity index (χ2n) is 3.89. The summed E-state index contributed by atoms with van der Waals surface area (Å²) in [4.78, 5) is 20.9. The van der Waals surface area contributed by atoms with Crippen LogP contribution in [0.1, 0.15) is 25.9 Å². The lowest BCUT2D eigenvalue weighted by Gasteiger charge is -2.01. The van der Waals surface area contributed by atoms with E-state index in [2.05, 4.69) is 15.3 Å². The summed E-state index contributed by atoms with van der Waals surface area (Å²) in [6.07, 6.45) is 4.22. The Kier molecular flexibility index (Phi) is 3.58. The molecular weight excluding hydrogens is 234 g/mol. The van der Waals surface area contributed by atoms with Gasteiger partial charge in [-0.05, 0) is 25.5 Å². The third kappa shape index (κ3) is 2.94. The molecule has 0 saturated carbocycles. The van der Waals surface area contributed by atoms with Crippen LogP contribution in [-0.4, -0.2) is 22.4 Å². The van der Waals surface area contributed by atoms with Gasteiger partial charge in [-0.2, -0.15) is 0 Å². The van der Waals surface area contributed by atoms with Gasteiger partial charge in [-0.15, -0.1) is 11.3 Å². The Hall–Kier alpha value is -1.62. The number of thiophene rings is 1. The van der Waals surface area contributed by atoms with Crippen molar-refractivity contribution in [3.8, 4) is 0 Å². The smallest absolute Gasteiger partial charge is 0.261 e. The average Bonchev–Trinajstić information content (AvgIpc) is 2.90. The molecule has 2 aromatic heterocycles. The van der Waals surface area contributed by atoms with Crippen LogP contribution < -0.4 is 5.32 Å². The zero-order valence-corrected chi connectivity index (χ0v) is 10.7. The Labute approximate surface area is 104 Å². The van der Waals surface area contributed by atoms with E-state index in [1.807, 2.05) is 19.9 Å². The van der Waals surface area contributed by atoms with Crippen molar-refractivity contribution in [2.45, 2.75) is 20.3 Å². The molecule has 2 N–H and O–H groups in total. The lowest BCUT2D eigenvalue weighted by molar-refractivity contribution is 0.0958. The van der Waals surface area contributed by atoms with Crippen LogP contribution >= 0.6 is 11.3 Å². The molecule has 0 aromatic carbocycles. The normalized spacial score (nSPS) is 10.5. The molecule has 0 aliphatic rings. The predicted molar refractivity (Wildman–Crippen MR) is 68.4 cm³/mol. The summed E-state index contributed by atoms with van der Waals surface area (Å²) >= 11 is 1.53. The highest BCUT2D eigenvalue weighted by Crippen LogP contribution is 2.20. The largest absolute Gasteiger partial charge is 0.351 e. The standard InChI is InChI=1S/C12H15N3OS/c1-8-7-10(17-9(8)2)12(16)15-4-3-11-13-5-6-14-11/h5-7H,3-4H2,1-2H3,(H,13,14)(H,15,16). The summed E-state index contributed by atoms with van der Waals surface area (Å²) in [6.45, 7) is 4.65. The van der Waals surface area contributed by atoms with E-state index in [4.69, 9.17) is 0 Å². The topological polar surface area (TPSA) is 57.8 Å². The highest BCUT2D eigenvalue weighted by atomic mass is 32.1. The van der Waals surface area contributed by atoms with Crippen molar-refractivity contribution < 1.29 is 4.79 Å². The molecule has 90 valence electrons. The third-order valence-electron chi connectivity index (χ3n) is 2.59. The number of nitrogens with one attached hydrogen (secondary N) is 2. The molecular formula is C12H15N3OS. The van der Waals surface area contributed by atoms with Gasteiger partial charge in [0, 0.05) is 30.2 Å². The molecule has 0 saturated heterocycles. The highest BCUT2D eigenvalue weighted by Gasteiger charge is 2.09. The Morgan fingerprint density at radius 1 is 1.53 bits per heavy atom. The van der Waals surface area contributed by atoms with Gasteiger partial charge in [0.25, 0.3) is 5.91 Å². The minimum atomic E-state index is -0.00208. The van der Waals surface area contributed by atoms with Gasteiger partial charge in [0.05, 0.1) is 4.88 Å². The first-order chi connectivity index (χ1) is 8.16. The summed E-state index contributed by atoms with van der Waals surface area (Å²) in [6, 6.07) is 1.93. The van der Waals surface area contributed by atoms with Crippen molar-refractivity contribution >= 4 is 17.2 Å². The van der Waals surface area contributed by atoms with Crippen LogP contribution in [0.5, 0.6) is 0 Å². The van der Waals surface area contributed by atoms with Crippen molar-refractivity contribution in [1.29, 1.82) is 0 Å². The fourth-order valence-electron chi connectivity index (χ4n) is 1.50. The van der Waals surface area contributed by atoms with Crippen molar-refractivity contribution in [2.24, 2.45) is 0 Å². The van der Waals surface area contributed by atoms with E-state index in [1.54, 1.807) is 12.4 Å². The molecule has 0 spiro atoms. The van der Waals surface area contributed by atoms with Crippen molar-refractivity contribution in [1.82, 2.24) is 15.3 Å². The minimum Gasteiger partial charge on any atom is -0.351 e. The van der Waals surface area contributed by atoms with Gasteiger partial charge in [0.2, 0.25) is 0 Å². The second-order valence-corrected chi connectivity index (χ2v) is 5.15. The number of amides is 1. The quantitative estimate of drug-likeness (QED) is 0.871. The zero-order valence-electron chi connectivity index (χ0n) is 9.91. The maximum Gasteiger partial charge on any atom is 0.261 e. The number of carbonyl (C=O) groups excluding carboxylic acids is 1. The first kappa shape index (κ1) is 11.9. The van der Waals surface area contributed by atoms with Crippen LogP contribution in [0.15, 0.2) is 18.5 Å². The summed E-state index contributed by atoms with van der Waals surface area (Å²) in [5, 5.41) is 2.89. The molecule has 2 heterocycles. The van der Waals surface area contributed by atoms with Gasteiger partial charge in [-0.1, -0.05) is 0 Å². The number of aryl methyl sites for hydroxylation is 2. The average molecular weight is 249 g/mol. The van der Waals surface area contributed by atoms with Crippen LogP contribution in [0.3, 0.4) is 0 Å². The van der Waals surface area contributed by atoms with Gasteiger partial charge in [0.15, 0.2) is 0 Å². The molecule has 2 aromatic rings. The van der Waals surface area contributed by atoms with E-state index in [1.165, 1.54) is 21.8 Å². The molecule has 2 rings (SSSR count). The lowest BCUT2D eigenvalue weighted by Crippen LogP contribution is -2.25. The molecule has 0 bridgehead atoms. The van der Waals surface area contributed by atoms with Gasteiger partial charge in [0.1, 0.15) is 5.82 Å². The van der Waals surface area contributed by atoms with Crippen molar-refractivity contribution in [3.05, 3.63) is 39.6 Å². The summed E-state index contributed by atoms with van der Waals surface area (Å²) in [5.41, 5.74) is 1.17. The van der Waals surface area contributed by atoms with Crippen LogP contribution in [0.4, 0.5) is 0 Å². The SMILES string of the molecule is Cc1cc(C(=O)NCCc2ncc[nH]2)sc1C. The molecule has 0 unspecified atom stereocenters. The van der Waals surface area contributed by atoms with Gasteiger partial charge in [-0.25, -0.2) is 4.98 Å². The van der Waals surface area contributed by atoms with E-state index in [9.17, 15) is 4.79 Å². The van der Waals surface area contributed by atoms with Gasteiger partial charge in [-0.3, -0.25) is 4.79 Å². The molecule has 0 radical (unpaired) electrons. The van der Waals surface area contributed by atoms with Crippen LogP contribution in [0, 0.1) is 13.8 Å². The number of hydrogen-bond acceptors (Lipinski definition) is 3. The molecule has 1 amide bonds. The number of imidazole rings is 1. The molecule has 0 atom stereocenters. The van der Waals surface area contributed by atoms with Crippen LogP contribution in [0.2, 0.25) is 0 Å². The Morgan fingerprint density at radius 3 is 2.94 bits per heavy atom. The Balaban J connectivity index is 1.85. The molecule has 0 aliphatic heterocycles. The number of aromatic nitrogens is 2. The molecule has 0 aliphatic carbocycles. The summed E-state index contributed by atoms with van der Waals surface area (Å²) in [7, 11) is 0. The van der Waals surface area contributed by atoms with Gasteiger partial charge < -0.3 is 10.3 Å². The van der Waals surface area contributed by atoms with Crippen molar-refractivity contribution in [2.75, 3.05) is 6.54 Å². The number of hydrogen-bond donors (Lipinski definition) is 2. The monoisotopic (exact) mass is 249 g/mol.